The maximum absolute atomic E-state index is 10.5. The molecule has 124 valence electrons. The third kappa shape index (κ3) is 2.18. The number of aromatic hydroxyl groups is 1. The van der Waals surface area contributed by atoms with E-state index in [1.54, 1.807) is 0 Å². The molecule has 23 heavy (non-hydrogen) atoms. The van der Waals surface area contributed by atoms with E-state index in [2.05, 4.69) is 13.0 Å². The van der Waals surface area contributed by atoms with Crippen LogP contribution in [-0.2, 0) is 6.42 Å². The molecule has 4 rings (SSSR count). The molecule has 2 N–H and O–H groups in total. The van der Waals surface area contributed by atoms with E-state index in [1.165, 1.54) is 30.4 Å². The van der Waals surface area contributed by atoms with Gasteiger partial charge in [-0.05, 0) is 91.9 Å². The fourth-order valence-electron chi connectivity index (χ4n) is 5.91. The van der Waals surface area contributed by atoms with Gasteiger partial charge in [-0.3, -0.25) is 0 Å². The molecule has 2 heteroatoms. The van der Waals surface area contributed by atoms with Gasteiger partial charge in [-0.2, -0.15) is 0 Å². The van der Waals surface area contributed by atoms with Crippen LogP contribution in [0.15, 0.2) is 18.2 Å². The first-order valence-corrected chi connectivity index (χ1v) is 9.21. The van der Waals surface area contributed by atoms with Crippen LogP contribution in [-0.4, -0.2) is 16.3 Å². The van der Waals surface area contributed by atoms with Gasteiger partial charge in [0.15, 0.2) is 0 Å². The maximum atomic E-state index is 10.5. The molecular weight excluding hydrogens is 284 g/mol. The van der Waals surface area contributed by atoms with Crippen molar-refractivity contribution >= 4 is 6.08 Å². The summed E-state index contributed by atoms with van der Waals surface area (Å²) in [7, 11) is 0. The van der Waals surface area contributed by atoms with Gasteiger partial charge in [0, 0.05) is 5.56 Å². The van der Waals surface area contributed by atoms with Crippen molar-refractivity contribution < 1.29 is 10.2 Å². The van der Waals surface area contributed by atoms with Crippen molar-refractivity contribution in [3.8, 4) is 5.75 Å². The standard InChI is InChI=1S/C21H28O2/c1-3-4-14-11-17-13(12-19(14)22)5-6-16-15(17)9-10-21(2)18(16)7-8-20(21)23/h3-4,11-12,15-16,18,20,22-23H,5-10H2,1-2H3/b4-3+. The first-order chi connectivity index (χ1) is 11.0. The van der Waals surface area contributed by atoms with E-state index in [0.29, 0.717) is 23.5 Å². The molecule has 0 radical (unpaired) electrons. The molecule has 0 bridgehead atoms. The molecule has 5 atom stereocenters. The zero-order chi connectivity index (χ0) is 16.2. The first-order valence-electron chi connectivity index (χ1n) is 9.21. The first kappa shape index (κ1) is 15.3. The van der Waals surface area contributed by atoms with Crippen molar-refractivity contribution in [2.45, 2.75) is 64.4 Å². The Kier molecular flexibility index (Phi) is 3.57. The van der Waals surface area contributed by atoms with Crippen LogP contribution in [0.3, 0.4) is 0 Å². The number of aryl methyl sites for hydroxylation is 1. The number of rotatable bonds is 1. The summed E-state index contributed by atoms with van der Waals surface area (Å²) < 4.78 is 0. The number of phenolic OH excluding ortho intramolecular Hbond substituents is 1. The van der Waals surface area contributed by atoms with E-state index < -0.39 is 0 Å². The van der Waals surface area contributed by atoms with Gasteiger partial charge in [-0.1, -0.05) is 19.1 Å². The Morgan fingerprint density at radius 1 is 1.17 bits per heavy atom. The zero-order valence-corrected chi connectivity index (χ0v) is 14.3. The minimum Gasteiger partial charge on any atom is -0.507 e. The van der Waals surface area contributed by atoms with E-state index in [-0.39, 0.29) is 11.5 Å². The molecule has 1 aromatic rings. The number of phenols is 1. The van der Waals surface area contributed by atoms with Gasteiger partial charge < -0.3 is 10.2 Å². The smallest absolute Gasteiger partial charge is 0.123 e. The molecule has 0 aliphatic heterocycles. The quantitative estimate of drug-likeness (QED) is 0.793. The average Bonchev–Trinajstić information content (AvgIpc) is 2.84. The molecule has 3 aliphatic carbocycles. The second-order valence-electron chi connectivity index (χ2n) is 8.16. The fourth-order valence-corrected chi connectivity index (χ4v) is 5.91. The lowest BCUT2D eigenvalue weighted by Crippen LogP contribution is -2.43. The van der Waals surface area contributed by atoms with Crippen LogP contribution in [0.5, 0.6) is 5.75 Å². The number of benzene rings is 1. The molecule has 1 aromatic carbocycles. The lowest BCUT2D eigenvalue weighted by atomic mass is 9.55. The number of fused-ring (bicyclic) bond motifs is 5. The lowest BCUT2D eigenvalue weighted by molar-refractivity contribution is -0.0226. The van der Waals surface area contributed by atoms with Crippen molar-refractivity contribution in [3.63, 3.8) is 0 Å². The van der Waals surface area contributed by atoms with Gasteiger partial charge in [0.25, 0.3) is 0 Å². The van der Waals surface area contributed by atoms with Gasteiger partial charge in [0.05, 0.1) is 6.10 Å². The van der Waals surface area contributed by atoms with E-state index in [0.717, 1.165) is 24.8 Å². The Morgan fingerprint density at radius 3 is 2.78 bits per heavy atom. The summed E-state index contributed by atoms with van der Waals surface area (Å²) >= 11 is 0. The van der Waals surface area contributed by atoms with Crippen molar-refractivity contribution in [2.24, 2.45) is 17.3 Å². The summed E-state index contributed by atoms with van der Waals surface area (Å²) in [6, 6.07) is 4.23. The van der Waals surface area contributed by atoms with Crippen LogP contribution in [0.25, 0.3) is 6.08 Å². The predicted molar refractivity (Wildman–Crippen MR) is 93.4 cm³/mol. The number of aliphatic hydroxyl groups is 1. The van der Waals surface area contributed by atoms with Crippen LogP contribution in [0, 0.1) is 17.3 Å². The van der Waals surface area contributed by atoms with Crippen LogP contribution in [0.1, 0.15) is 68.6 Å². The Morgan fingerprint density at radius 2 is 2.00 bits per heavy atom. The summed E-state index contributed by atoms with van der Waals surface area (Å²) in [4.78, 5) is 0. The van der Waals surface area contributed by atoms with E-state index in [1.807, 2.05) is 25.1 Å². The fraction of sp³-hybridized carbons (Fsp3) is 0.619. The molecule has 0 heterocycles. The largest absolute Gasteiger partial charge is 0.507 e. The van der Waals surface area contributed by atoms with Crippen LogP contribution < -0.4 is 0 Å². The Labute approximate surface area is 139 Å². The van der Waals surface area contributed by atoms with Crippen molar-refractivity contribution in [3.05, 3.63) is 34.9 Å². The third-order valence-corrected chi connectivity index (χ3v) is 7.17. The highest BCUT2D eigenvalue weighted by atomic mass is 16.3. The Balaban J connectivity index is 1.73. The summed E-state index contributed by atoms with van der Waals surface area (Å²) in [6.07, 6.45) is 10.7. The Bertz CT molecular complexity index is 647. The van der Waals surface area contributed by atoms with Crippen molar-refractivity contribution in [2.75, 3.05) is 0 Å². The van der Waals surface area contributed by atoms with Crippen LogP contribution >= 0.6 is 0 Å². The predicted octanol–water partition coefficient (Wildman–Crippen LogP) is 4.64. The van der Waals surface area contributed by atoms with Gasteiger partial charge in [0.2, 0.25) is 0 Å². The highest BCUT2D eigenvalue weighted by Crippen LogP contribution is 2.61. The molecule has 0 aromatic heterocycles. The molecule has 3 aliphatic rings. The number of allylic oxidation sites excluding steroid dienone is 1. The van der Waals surface area contributed by atoms with E-state index >= 15 is 0 Å². The highest BCUT2D eigenvalue weighted by molar-refractivity contribution is 5.60. The summed E-state index contributed by atoms with van der Waals surface area (Å²) in [5.74, 6) is 2.41. The van der Waals surface area contributed by atoms with Crippen LogP contribution in [0.4, 0.5) is 0 Å². The summed E-state index contributed by atoms with van der Waals surface area (Å²) in [5.41, 5.74) is 3.91. The SMILES string of the molecule is C/C=C/c1cc2c(cc1O)CCC1C2CCC2(C)C(O)CCC12. The van der Waals surface area contributed by atoms with Crippen LogP contribution in [0.2, 0.25) is 0 Å². The summed E-state index contributed by atoms with van der Waals surface area (Å²) in [6.45, 7) is 4.32. The third-order valence-electron chi connectivity index (χ3n) is 7.17. The number of hydrogen-bond acceptors (Lipinski definition) is 2. The normalized spacial score (nSPS) is 39.1. The Hall–Kier alpha value is -1.28. The molecular formula is C21H28O2. The highest BCUT2D eigenvalue weighted by Gasteiger charge is 2.54. The van der Waals surface area contributed by atoms with Gasteiger partial charge in [-0.15, -0.1) is 0 Å². The van der Waals surface area contributed by atoms with E-state index in [9.17, 15) is 10.2 Å². The van der Waals surface area contributed by atoms with E-state index in [4.69, 9.17) is 0 Å². The second-order valence-corrected chi connectivity index (χ2v) is 8.16. The molecule has 2 nitrogen and oxygen atoms in total. The minimum absolute atomic E-state index is 0.103. The van der Waals surface area contributed by atoms with Crippen molar-refractivity contribution in [1.29, 1.82) is 0 Å². The van der Waals surface area contributed by atoms with Gasteiger partial charge in [-0.25, -0.2) is 0 Å². The molecule has 2 fully saturated rings. The van der Waals surface area contributed by atoms with Crippen molar-refractivity contribution in [1.82, 2.24) is 0 Å². The number of aliphatic hydroxyl groups excluding tert-OH is 1. The topological polar surface area (TPSA) is 40.5 Å². The van der Waals surface area contributed by atoms with Gasteiger partial charge in [0.1, 0.15) is 5.75 Å². The lowest BCUT2D eigenvalue weighted by Gasteiger charge is -2.50. The number of hydrogen-bond donors (Lipinski definition) is 2. The molecule has 0 amide bonds. The molecule has 0 saturated heterocycles. The molecule has 0 spiro atoms. The molecule has 5 unspecified atom stereocenters. The second kappa shape index (κ2) is 5.37. The van der Waals surface area contributed by atoms with Gasteiger partial charge >= 0.3 is 0 Å². The zero-order valence-electron chi connectivity index (χ0n) is 14.3. The minimum atomic E-state index is -0.103. The monoisotopic (exact) mass is 312 g/mol. The summed E-state index contributed by atoms with van der Waals surface area (Å²) in [5, 5.41) is 20.7. The molecule has 2 saturated carbocycles. The average molecular weight is 312 g/mol. The maximum Gasteiger partial charge on any atom is 0.123 e.